The van der Waals surface area contributed by atoms with Crippen molar-refractivity contribution in [1.29, 1.82) is 0 Å². The Morgan fingerprint density at radius 1 is 1.10 bits per heavy atom. The van der Waals surface area contributed by atoms with Gasteiger partial charge in [0.25, 0.3) is 11.8 Å². The molecule has 0 saturated carbocycles. The summed E-state index contributed by atoms with van der Waals surface area (Å²) in [5.41, 5.74) is -1.23. The summed E-state index contributed by atoms with van der Waals surface area (Å²) in [5, 5.41) is 3.84. The topological polar surface area (TPSA) is 68.5 Å². The molecule has 0 N–H and O–H groups in total. The molecule has 1 unspecified atom stereocenters. The quantitative estimate of drug-likeness (QED) is 0.554. The van der Waals surface area contributed by atoms with E-state index in [1.165, 1.54) is 17.0 Å². The molecular weight excluding hydrogens is 418 g/mol. The lowest BCUT2D eigenvalue weighted by Gasteiger charge is -2.35. The van der Waals surface area contributed by atoms with Crippen LogP contribution in [-0.2, 0) is 5.67 Å². The van der Waals surface area contributed by atoms with Crippen LogP contribution >= 0.6 is 0 Å². The molecule has 1 saturated heterocycles. The fourth-order valence-corrected chi connectivity index (χ4v) is 3.45. The van der Waals surface area contributed by atoms with E-state index in [0.717, 1.165) is 12.1 Å². The molecule has 1 aromatic heterocycles. The molecule has 2 heterocycles. The zero-order chi connectivity index (χ0) is 22.1. The Kier molecular flexibility index (Phi) is 5.38. The maximum Gasteiger partial charge on any atom is 0.573 e. The molecule has 1 atom stereocenters. The molecule has 4 rings (SSSR count). The predicted octanol–water partition coefficient (Wildman–Crippen LogP) is 4.74. The molecule has 31 heavy (non-hydrogen) atoms. The van der Waals surface area contributed by atoms with E-state index in [2.05, 4.69) is 14.9 Å². The van der Waals surface area contributed by atoms with E-state index in [1.807, 2.05) is 6.07 Å². The van der Waals surface area contributed by atoms with Crippen molar-refractivity contribution in [2.24, 2.45) is 0 Å². The van der Waals surface area contributed by atoms with Crippen LogP contribution in [0.4, 0.5) is 17.6 Å². The first kappa shape index (κ1) is 20.8. The monoisotopic (exact) mass is 435 g/mol. The second-order valence-corrected chi connectivity index (χ2v) is 7.16. The average Bonchev–Trinajstić information content (AvgIpc) is 3.25. The Morgan fingerprint density at radius 2 is 1.81 bits per heavy atom. The van der Waals surface area contributed by atoms with Gasteiger partial charge in [-0.15, -0.1) is 13.2 Å². The molecule has 1 aliphatic heterocycles. The Hall–Kier alpha value is -3.43. The highest BCUT2D eigenvalue weighted by Crippen LogP contribution is 2.36. The highest BCUT2D eigenvalue weighted by atomic mass is 19.4. The molecule has 0 aliphatic carbocycles. The second-order valence-electron chi connectivity index (χ2n) is 7.16. The van der Waals surface area contributed by atoms with Gasteiger partial charge in [-0.1, -0.05) is 35.5 Å². The van der Waals surface area contributed by atoms with Gasteiger partial charge < -0.3 is 14.2 Å². The number of ether oxygens (including phenoxy) is 1. The number of alkyl halides is 4. The third-order valence-electron chi connectivity index (χ3n) is 4.91. The van der Waals surface area contributed by atoms with Crippen molar-refractivity contribution in [2.45, 2.75) is 24.9 Å². The Labute approximate surface area is 174 Å². The Balaban J connectivity index is 1.49. The zero-order valence-corrected chi connectivity index (χ0v) is 16.1. The minimum absolute atomic E-state index is 0.103. The van der Waals surface area contributed by atoms with E-state index in [-0.39, 0.29) is 30.2 Å². The summed E-state index contributed by atoms with van der Waals surface area (Å²) in [6.45, 7) is -0.00591. The largest absolute Gasteiger partial charge is 0.573 e. The first-order chi connectivity index (χ1) is 14.7. The lowest BCUT2D eigenvalue weighted by molar-refractivity contribution is -0.274. The van der Waals surface area contributed by atoms with E-state index in [4.69, 9.17) is 4.52 Å². The number of carbonyl (C=O) groups is 1. The third-order valence-corrected chi connectivity index (χ3v) is 4.91. The van der Waals surface area contributed by atoms with Crippen LogP contribution in [0.1, 0.15) is 29.1 Å². The number of hydrogen-bond acceptors (Lipinski definition) is 5. The highest BCUT2D eigenvalue weighted by molar-refractivity contribution is 5.94. The summed E-state index contributed by atoms with van der Waals surface area (Å²) in [7, 11) is 0. The van der Waals surface area contributed by atoms with Crippen LogP contribution in [0.25, 0.3) is 11.4 Å². The van der Waals surface area contributed by atoms with Gasteiger partial charge in [0.15, 0.2) is 0 Å². The molecule has 1 aliphatic rings. The highest BCUT2D eigenvalue weighted by Gasteiger charge is 2.44. The van der Waals surface area contributed by atoms with Crippen molar-refractivity contribution in [3.8, 4) is 17.1 Å². The SMILES string of the molecule is O=C(c1ccc(OC(F)(F)F)cc1)N1CCCC(F)(c2nc(-c3ccccc3)no2)C1. The normalized spacial score (nSPS) is 19.3. The van der Waals surface area contributed by atoms with Gasteiger partial charge in [0.1, 0.15) is 5.75 Å². The van der Waals surface area contributed by atoms with Crippen molar-refractivity contribution >= 4 is 5.91 Å². The van der Waals surface area contributed by atoms with E-state index < -0.39 is 23.7 Å². The molecule has 1 fully saturated rings. The van der Waals surface area contributed by atoms with Crippen molar-refractivity contribution in [2.75, 3.05) is 13.1 Å². The number of nitrogens with zero attached hydrogens (tertiary/aromatic N) is 3. The Morgan fingerprint density at radius 3 is 2.48 bits per heavy atom. The number of aromatic nitrogens is 2. The number of piperidine rings is 1. The van der Waals surface area contributed by atoms with Crippen LogP contribution in [0.15, 0.2) is 59.1 Å². The van der Waals surface area contributed by atoms with Crippen LogP contribution in [0.5, 0.6) is 5.75 Å². The van der Waals surface area contributed by atoms with Crippen molar-refractivity contribution in [3.05, 3.63) is 66.1 Å². The van der Waals surface area contributed by atoms with Crippen LogP contribution in [0.3, 0.4) is 0 Å². The molecule has 0 radical (unpaired) electrons. The summed E-state index contributed by atoms with van der Waals surface area (Å²) >= 11 is 0. The number of benzene rings is 2. The first-order valence-electron chi connectivity index (χ1n) is 9.47. The maximum absolute atomic E-state index is 15.7. The van der Waals surface area contributed by atoms with Gasteiger partial charge in [-0.05, 0) is 37.1 Å². The molecule has 1 amide bonds. The van der Waals surface area contributed by atoms with E-state index in [9.17, 15) is 18.0 Å². The molecule has 0 spiro atoms. The van der Waals surface area contributed by atoms with Crippen molar-refractivity contribution in [3.63, 3.8) is 0 Å². The maximum atomic E-state index is 15.7. The standard InChI is InChI=1S/C21H17F4N3O3/c22-20(19-26-17(27-31-19)14-5-2-1-3-6-14)11-4-12-28(13-20)18(29)15-7-9-16(10-8-15)30-21(23,24)25/h1-3,5-10H,4,11-13H2. The fraction of sp³-hybridized carbons (Fsp3) is 0.286. The van der Waals surface area contributed by atoms with Crippen LogP contribution in [0.2, 0.25) is 0 Å². The van der Waals surface area contributed by atoms with Crippen molar-refractivity contribution < 1.29 is 31.6 Å². The van der Waals surface area contributed by atoms with Gasteiger partial charge >= 0.3 is 6.36 Å². The van der Waals surface area contributed by atoms with Gasteiger partial charge in [0.05, 0.1) is 6.54 Å². The third kappa shape index (κ3) is 4.68. The van der Waals surface area contributed by atoms with Gasteiger partial charge in [-0.25, -0.2) is 4.39 Å². The van der Waals surface area contributed by atoms with E-state index >= 15 is 4.39 Å². The molecule has 3 aromatic rings. The van der Waals surface area contributed by atoms with Crippen LogP contribution < -0.4 is 4.74 Å². The molecule has 10 heteroatoms. The minimum atomic E-state index is -4.82. The van der Waals surface area contributed by atoms with Gasteiger partial charge in [-0.2, -0.15) is 4.98 Å². The lowest BCUT2D eigenvalue weighted by Crippen LogP contribution is -2.46. The number of amides is 1. The van der Waals surface area contributed by atoms with Gasteiger partial charge in [-0.3, -0.25) is 4.79 Å². The summed E-state index contributed by atoms with van der Waals surface area (Å²) in [6, 6.07) is 13.4. The number of halogens is 4. The van der Waals surface area contributed by atoms with Crippen molar-refractivity contribution in [1.82, 2.24) is 15.0 Å². The van der Waals surface area contributed by atoms with Gasteiger partial charge in [0, 0.05) is 17.7 Å². The van der Waals surface area contributed by atoms with Gasteiger partial charge in [0.2, 0.25) is 11.5 Å². The molecule has 0 bridgehead atoms. The predicted molar refractivity (Wildman–Crippen MR) is 101 cm³/mol. The van der Waals surface area contributed by atoms with Crippen LogP contribution in [0, 0.1) is 0 Å². The average molecular weight is 435 g/mol. The molecule has 6 nitrogen and oxygen atoms in total. The number of carbonyl (C=O) groups excluding carboxylic acids is 1. The fourth-order valence-electron chi connectivity index (χ4n) is 3.45. The number of hydrogen-bond donors (Lipinski definition) is 0. The number of likely N-dealkylation sites (tertiary alicyclic amines) is 1. The summed E-state index contributed by atoms with van der Waals surface area (Å²) in [4.78, 5) is 18.2. The zero-order valence-electron chi connectivity index (χ0n) is 16.1. The smallest absolute Gasteiger partial charge is 0.406 e. The van der Waals surface area contributed by atoms with E-state index in [1.54, 1.807) is 24.3 Å². The first-order valence-corrected chi connectivity index (χ1v) is 9.47. The van der Waals surface area contributed by atoms with Crippen LogP contribution in [-0.4, -0.2) is 40.4 Å². The van der Waals surface area contributed by atoms with E-state index in [0.29, 0.717) is 18.5 Å². The molecule has 2 aromatic carbocycles. The Bertz CT molecular complexity index is 1050. The summed E-state index contributed by atoms with van der Waals surface area (Å²) in [5.74, 6) is -0.918. The molecule has 162 valence electrons. The summed E-state index contributed by atoms with van der Waals surface area (Å²) < 4.78 is 61.5. The second kappa shape index (κ2) is 8.01. The number of rotatable bonds is 4. The molecular formula is C21H17F4N3O3. The lowest BCUT2D eigenvalue weighted by atomic mass is 9.94. The summed E-state index contributed by atoms with van der Waals surface area (Å²) in [6.07, 6.45) is -4.36. The minimum Gasteiger partial charge on any atom is -0.406 e.